The van der Waals surface area contributed by atoms with Gasteiger partial charge in [0.15, 0.2) is 0 Å². The van der Waals surface area contributed by atoms with Gasteiger partial charge in [0.2, 0.25) is 0 Å². The normalized spacial score (nSPS) is 12.7. The van der Waals surface area contributed by atoms with Crippen LogP contribution in [0.1, 0.15) is 47.3 Å². The smallest absolute Gasteiger partial charge is 0.148 e. The third-order valence-electron chi connectivity index (χ3n) is 6.06. The Labute approximate surface area is 186 Å². The van der Waals surface area contributed by atoms with Crippen LogP contribution in [0.5, 0.6) is 0 Å². The van der Waals surface area contributed by atoms with Crippen LogP contribution in [0.25, 0.3) is 11.4 Å². The third-order valence-corrected chi connectivity index (χ3v) is 6.06. The van der Waals surface area contributed by atoms with Crippen molar-refractivity contribution in [3.63, 3.8) is 0 Å². The molecule has 156 valence electrons. The summed E-state index contributed by atoms with van der Waals surface area (Å²) in [4.78, 5) is 0. The van der Waals surface area contributed by atoms with Crippen LogP contribution in [0.15, 0.2) is 84.9 Å². The topological polar surface area (TPSA) is 61.4 Å². The van der Waals surface area contributed by atoms with Crippen LogP contribution < -0.4 is 0 Å². The molecule has 6 nitrogen and oxygen atoms in total. The van der Waals surface area contributed by atoms with E-state index >= 15 is 0 Å². The van der Waals surface area contributed by atoms with Gasteiger partial charge < -0.3 is 0 Å². The van der Waals surface area contributed by atoms with Crippen LogP contribution in [-0.4, -0.2) is 29.5 Å². The lowest BCUT2D eigenvalue weighted by Crippen LogP contribution is -2.08. The SMILES string of the molecule is CC1c2nnc(Cc3ccccc3)n2-c2ccccc2-n2c(Cc3ccccc3)nnc21. The molecule has 1 aliphatic heterocycles. The van der Waals surface area contributed by atoms with Gasteiger partial charge >= 0.3 is 0 Å². The quantitative estimate of drug-likeness (QED) is 0.431. The molecule has 0 unspecified atom stereocenters. The second-order valence-corrected chi connectivity index (χ2v) is 8.15. The lowest BCUT2D eigenvalue weighted by molar-refractivity contribution is 0.724. The maximum atomic E-state index is 4.62. The molecule has 0 saturated carbocycles. The molecule has 1 aliphatic rings. The van der Waals surface area contributed by atoms with Crippen LogP contribution in [0.3, 0.4) is 0 Å². The summed E-state index contributed by atoms with van der Waals surface area (Å²) >= 11 is 0. The van der Waals surface area contributed by atoms with E-state index in [4.69, 9.17) is 0 Å². The van der Waals surface area contributed by atoms with Gasteiger partial charge in [-0.25, -0.2) is 0 Å². The summed E-state index contributed by atoms with van der Waals surface area (Å²) in [5.41, 5.74) is 4.53. The summed E-state index contributed by atoms with van der Waals surface area (Å²) in [6.45, 7) is 2.13. The Morgan fingerprint density at radius 2 is 0.969 bits per heavy atom. The maximum absolute atomic E-state index is 4.62. The summed E-state index contributed by atoms with van der Waals surface area (Å²) in [5, 5.41) is 18.4. The van der Waals surface area contributed by atoms with E-state index < -0.39 is 0 Å². The van der Waals surface area contributed by atoms with Crippen LogP contribution >= 0.6 is 0 Å². The summed E-state index contributed by atoms with van der Waals surface area (Å²) in [6, 6.07) is 29.2. The largest absolute Gasteiger partial charge is 0.280 e. The zero-order valence-corrected chi connectivity index (χ0v) is 17.8. The van der Waals surface area contributed by atoms with Gasteiger partial charge in [-0.05, 0) is 30.2 Å². The van der Waals surface area contributed by atoms with Crippen LogP contribution in [0, 0.1) is 0 Å². The van der Waals surface area contributed by atoms with Crippen LogP contribution in [0.4, 0.5) is 0 Å². The number of hydrogen-bond acceptors (Lipinski definition) is 4. The summed E-state index contributed by atoms with van der Waals surface area (Å²) < 4.78 is 4.40. The Morgan fingerprint density at radius 3 is 1.41 bits per heavy atom. The molecule has 0 spiro atoms. The monoisotopic (exact) mass is 418 g/mol. The minimum Gasteiger partial charge on any atom is -0.280 e. The Hall–Kier alpha value is -4.06. The molecule has 0 bridgehead atoms. The van der Waals surface area contributed by atoms with Crippen molar-refractivity contribution in [1.29, 1.82) is 0 Å². The molecule has 32 heavy (non-hydrogen) atoms. The van der Waals surface area contributed by atoms with Gasteiger partial charge in [-0.3, -0.25) is 9.13 Å². The minimum absolute atomic E-state index is 0.0450. The molecule has 0 N–H and O–H groups in total. The lowest BCUT2D eigenvalue weighted by atomic mass is 10.1. The number of para-hydroxylation sites is 2. The molecule has 0 fully saturated rings. The van der Waals surface area contributed by atoms with E-state index in [-0.39, 0.29) is 5.92 Å². The van der Waals surface area contributed by atoms with Gasteiger partial charge in [0.1, 0.15) is 23.3 Å². The van der Waals surface area contributed by atoms with Gasteiger partial charge in [0.05, 0.1) is 17.3 Å². The molecule has 0 radical (unpaired) electrons. The Kier molecular flexibility index (Phi) is 4.42. The van der Waals surface area contributed by atoms with Gasteiger partial charge in [0, 0.05) is 12.8 Å². The highest BCUT2D eigenvalue weighted by molar-refractivity contribution is 5.57. The average Bonchev–Trinajstić information content (AvgIpc) is 3.42. The molecule has 3 aromatic carbocycles. The molecule has 0 aliphatic carbocycles. The van der Waals surface area contributed by atoms with Gasteiger partial charge in [0.25, 0.3) is 0 Å². The average molecular weight is 419 g/mol. The van der Waals surface area contributed by atoms with Crippen molar-refractivity contribution >= 4 is 0 Å². The second-order valence-electron chi connectivity index (χ2n) is 8.15. The number of aromatic nitrogens is 6. The Morgan fingerprint density at radius 1 is 0.562 bits per heavy atom. The van der Waals surface area contributed by atoms with Crippen molar-refractivity contribution in [2.75, 3.05) is 0 Å². The number of nitrogens with zero attached hydrogens (tertiary/aromatic N) is 6. The van der Waals surface area contributed by atoms with Gasteiger partial charge in [-0.1, -0.05) is 72.8 Å². The number of rotatable bonds is 4. The summed E-state index contributed by atoms with van der Waals surface area (Å²) in [7, 11) is 0. The van der Waals surface area contributed by atoms with Crippen molar-refractivity contribution in [1.82, 2.24) is 29.5 Å². The number of hydrogen-bond donors (Lipinski definition) is 0. The Balaban J connectivity index is 1.52. The summed E-state index contributed by atoms with van der Waals surface area (Å²) in [6.07, 6.45) is 1.43. The van der Waals surface area contributed by atoms with Gasteiger partial charge in [-0.15, -0.1) is 20.4 Å². The first-order valence-electron chi connectivity index (χ1n) is 10.9. The highest BCUT2D eigenvalue weighted by Crippen LogP contribution is 2.35. The molecule has 3 heterocycles. The molecule has 2 aromatic heterocycles. The van der Waals surface area contributed by atoms with Crippen molar-refractivity contribution in [2.24, 2.45) is 0 Å². The van der Waals surface area contributed by atoms with Gasteiger partial charge in [-0.2, -0.15) is 0 Å². The molecule has 0 saturated heterocycles. The summed E-state index contributed by atoms with van der Waals surface area (Å²) in [5.74, 6) is 3.58. The highest BCUT2D eigenvalue weighted by Gasteiger charge is 2.31. The minimum atomic E-state index is -0.0450. The van der Waals surface area contributed by atoms with E-state index in [1.54, 1.807) is 0 Å². The lowest BCUT2D eigenvalue weighted by Gasteiger charge is -2.14. The fraction of sp³-hybridized carbons (Fsp3) is 0.154. The molecule has 5 aromatic rings. The van der Waals surface area contributed by atoms with Crippen LogP contribution in [0.2, 0.25) is 0 Å². The number of fused-ring (bicyclic) bond motifs is 5. The Bertz CT molecular complexity index is 1280. The molecule has 6 heteroatoms. The fourth-order valence-corrected chi connectivity index (χ4v) is 4.49. The van der Waals surface area contributed by atoms with Crippen molar-refractivity contribution in [2.45, 2.75) is 25.7 Å². The van der Waals surface area contributed by atoms with E-state index in [1.807, 2.05) is 12.1 Å². The molecular formula is C26H22N6. The first-order chi connectivity index (χ1) is 15.8. The van der Waals surface area contributed by atoms with E-state index in [1.165, 1.54) is 11.1 Å². The predicted octanol–water partition coefficient (Wildman–Crippen LogP) is 4.49. The first-order valence-corrected chi connectivity index (χ1v) is 10.9. The van der Waals surface area contributed by atoms with E-state index in [2.05, 4.69) is 109 Å². The first kappa shape index (κ1) is 18.7. The zero-order chi connectivity index (χ0) is 21.5. The third kappa shape index (κ3) is 3.03. The second kappa shape index (κ2) is 7.57. The molecule has 6 rings (SSSR count). The molecule has 0 amide bonds. The van der Waals surface area contributed by atoms with Crippen molar-refractivity contribution in [3.05, 3.63) is 119 Å². The fourth-order valence-electron chi connectivity index (χ4n) is 4.49. The molecular weight excluding hydrogens is 396 g/mol. The van der Waals surface area contributed by atoms with E-state index in [9.17, 15) is 0 Å². The maximum Gasteiger partial charge on any atom is 0.148 e. The van der Waals surface area contributed by atoms with Crippen molar-refractivity contribution < 1.29 is 0 Å². The van der Waals surface area contributed by atoms with Crippen LogP contribution in [-0.2, 0) is 12.8 Å². The van der Waals surface area contributed by atoms with Crippen molar-refractivity contribution in [3.8, 4) is 11.4 Å². The zero-order valence-electron chi connectivity index (χ0n) is 17.8. The number of benzene rings is 3. The molecule has 0 atom stereocenters. The van der Waals surface area contributed by atoms with E-state index in [0.717, 1.165) is 34.7 Å². The predicted molar refractivity (Wildman–Crippen MR) is 122 cm³/mol. The standard InChI is InChI=1S/C26H22N6/c1-18-25-29-27-23(16-19-10-4-2-5-11-19)31(25)21-14-8-9-15-22(21)32-24(28-30-26(18)32)17-20-12-6-3-7-13-20/h2-15,18H,16-17H2,1H3. The highest BCUT2D eigenvalue weighted by atomic mass is 15.3. The van der Waals surface area contributed by atoms with E-state index in [0.29, 0.717) is 12.8 Å².